The second-order valence-corrected chi connectivity index (χ2v) is 5.63. The van der Waals surface area contributed by atoms with E-state index >= 15 is 0 Å². The number of aryl methyl sites for hydroxylation is 2. The topological polar surface area (TPSA) is 105 Å². The maximum absolute atomic E-state index is 11.4. The lowest BCUT2D eigenvalue weighted by Crippen LogP contribution is -2.39. The van der Waals surface area contributed by atoms with Crippen molar-refractivity contribution in [2.75, 3.05) is 6.54 Å². The van der Waals surface area contributed by atoms with Gasteiger partial charge in [-0.25, -0.2) is 4.79 Å². The van der Waals surface area contributed by atoms with Crippen LogP contribution in [0.1, 0.15) is 43.9 Å². The van der Waals surface area contributed by atoms with Gasteiger partial charge in [0.05, 0.1) is 5.69 Å². The van der Waals surface area contributed by atoms with Crippen LogP contribution >= 0.6 is 0 Å². The maximum Gasteiger partial charge on any atom is 0.407 e. The molecule has 1 heterocycles. The number of aliphatic hydroxyl groups excluding tert-OH is 2. The zero-order chi connectivity index (χ0) is 15.5. The number of carbonyl (C=O) groups is 1. The first-order chi connectivity index (χ1) is 9.11. The normalized spacial score (nSPS) is 14.8. The summed E-state index contributed by atoms with van der Waals surface area (Å²) < 4.78 is 9.96. The first-order valence-corrected chi connectivity index (χ1v) is 6.37. The van der Waals surface area contributed by atoms with Gasteiger partial charge in [-0.2, -0.15) is 0 Å². The minimum absolute atomic E-state index is 0.139. The van der Waals surface area contributed by atoms with Gasteiger partial charge in [0, 0.05) is 12.1 Å². The van der Waals surface area contributed by atoms with Crippen molar-refractivity contribution in [3.8, 4) is 0 Å². The second-order valence-electron chi connectivity index (χ2n) is 5.63. The van der Waals surface area contributed by atoms with Crippen LogP contribution in [0.4, 0.5) is 4.79 Å². The van der Waals surface area contributed by atoms with E-state index in [1.807, 2.05) is 0 Å². The fraction of sp³-hybridized carbons (Fsp3) is 0.692. The van der Waals surface area contributed by atoms with Crippen molar-refractivity contribution < 1.29 is 24.3 Å². The third kappa shape index (κ3) is 4.50. The van der Waals surface area contributed by atoms with Crippen molar-refractivity contribution in [3.05, 3.63) is 17.0 Å². The van der Waals surface area contributed by atoms with Crippen LogP contribution in [0.15, 0.2) is 4.52 Å². The molecule has 0 aromatic carbocycles. The van der Waals surface area contributed by atoms with E-state index in [4.69, 9.17) is 9.26 Å². The summed E-state index contributed by atoms with van der Waals surface area (Å²) in [5, 5.41) is 26.0. The minimum Gasteiger partial charge on any atom is -0.444 e. The molecule has 0 fully saturated rings. The number of alkyl carbamates (subject to hydrolysis) is 1. The zero-order valence-electron chi connectivity index (χ0n) is 12.4. The van der Waals surface area contributed by atoms with Crippen LogP contribution in [0.25, 0.3) is 0 Å². The lowest BCUT2D eigenvalue weighted by atomic mass is 10.0. The van der Waals surface area contributed by atoms with Crippen LogP contribution in [0, 0.1) is 13.8 Å². The highest BCUT2D eigenvalue weighted by Gasteiger charge is 2.26. The van der Waals surface area contributed by atoms with Crippen molar-refractivity contribution in [3.63, 3.8) is 0 Å². The predicted octanol–water partition coefficient (Wildman–Crippen LogP) is 1.21. The van der Waals surface area contributed by atoms with Gasteiger partial charge >= 0.3 is 6.09 Å². The number of nitrogens with zero attached hydrogens (tertiary/aromatic N) is 1. The Morgan fingerprint density at radius 2 is 2.00 bits per heavy atom. The first-order valence-electron chi connectivity index (χ1n) is 6.37. The fourth-order valence-corrected chi connectivity index (χ4v) is 1.72. The predicted molar refractivity (Wildman–Crippen MR) is 71.2 cm³/mol. The van der Waals surface area contributed by atoms with Gasteiger partial charge in [-0.1, -0.05) is 5.16 Å². The highest BCUT2D eigenvalue weighted by atomic mass is 16.6. The Hall–Kier alpha value is -1.60. The molecule has 0 spiro atoms. The Kier molecular flexibility index (Phi) is 5.13. The van der Waals surface area contributed by atoms with Gasteiger partial charge in [0.2, 0.25) is 0 Å². The van der Waals surface area contributed by atoms with Crippen molar-refractivity contribution in [1.29, 1.82) is 0 Å². The van der Waals surface area contributed by atoms with Crippen LogP contribution in [0.2, 0.25) is 0 Å². The average Bonchev–Trinajstić information content (AvgIpc) is 2.63. The van der Waals surface area contributed by atoms with Crippen LogP contribution < -0.4 is 5.32 Å². The van der Waals surface area contributed by atoms with Gasteiger partial charge in [0.15, 0.2) is 0 Å². The summed E-state index contributed by atoms with van der Waals surface area (Å²) in [4.78, 5) is 11.4. The number of carbonyl (C=O) groups excluding carboxylic acids is 1. The molecule has 1 aromatic heterocycles. The van der Waals surface area contributed by atoms with Crippen molar-refractivity contribution in [2.24, 2.45) is 0 Å². The summed E-state index contributed by atoms with van der Waals surface area (Å²) >= 11 is 0. The summed E-state index contributed by atoms with van der Waals surface area (Å²) in [5.41, 5.74) is 0.324. The molecular formula is C13H22N2O5. The Balaban J connectivity index is 2.55. The van der Waals surface area contributed by atoms with Gasteiger partial charge in [0.1, 0.15) is 23.6 Å². The monoisotopic (exact) mass is 286 g/mol. The Labute approximate surface area is 117 Å². The Morgan fingerprint density at radius 3 is 2.45 bits per heavy atom. The summed E-state index contributed by atoms with van der Waals surface area (Å²) in [6.07, 6.45) is -3.02. The van der Waals surface area contributed by atoms with Crippen molar-refractivity contribution in [1.82, 2.24) is 10.5 Å². The van der Waals surface area contributed by atoms with Crippen LogP contribution in [-0.2, 0) is 4.74 Å². The van der Waals surface area contributed by atoms with Gasteiger partial charge in [-0.05, 0) is 34.6 Å². The quantitative estimate of drug-likeness (QED) is 0.768. The molecule has 1 rings (SSSR count). The highest BCUT2D eigenvalue weighted by Crippen LogP contribution is 2.23. The molecule has 0 aliphatic rings. The number of hydrogen-bond donors (Lipinski definition) is 3. The molecule has 20 heavy (non-hydrogen) atoms. The molecule has 3 N–H and O–H groups in total. The molecule has 0 bridgehead atoms. The number of nitrogens with one attached hydrogen (secondary N) is 1. The lowest BCUT2D eigenvalue weighted by Gasteiger charge is -2.22. The summed E-state index contributed by atoms with van der Waals surface area (Å²) in [7, 11) is 0. The van der Waals surface area contributed by atoms with Crippen LogP contribution in [-0.4, -0.2) is 39.7 Å². The van der Waals surface area contributed by atoms with E-state index in [-0.39, 0.29) is 6.54 Å². The molecule has 2 atom stereocenters. The number of amides is 1. The smallest absolute Gasteiger partial charge is 0.407 e. The van der Waals surface area contributed by atoms with Gasteiger partial charge < -0.3 is 24.8 Å². The SMILES string of the molecule is Cc1noc(C)c1C(O)C(O)CNC(=O)OC(C)(C)C. The molecule has 114 valence electrons. The fourth-order valence-electron chi connectivity index (χ4n) is 1.72. The molecule has 1 aromatic rings. The highest BCUT2D eigenvalue weighted by molar-refractivity contribution is 5.67. The van der Waals surface area contributed by atoms with E-state index in [1.54, 1.807) is 34.6 Å². The summed E-state index contributed by atoms with van der Waals surface area (Å²) in [6, 6.07) is 0. The molecule has 7 heteroatoms. The first kappa shape index (κ1) is 16.5. The number of aromatic nitrogens is 1. The lowest BCUT2D eigenvalue weighted by molar-refractivity contribution is 0.0120. The van der Waals surface area contributed by atoms with Crippen molar-refractivity contribution in [2.45, 2.75) is 52.4 Å². The van der Waals surface area contributed by atoms with E-state index in [9.17, 15) is 15.0 Å². The van der Waals surface area contributed by atoms with Crippen LogP contribution in [0.3, 0.4) is 0 Å². The van der Waals surface area contributed by atoms with Gasteiger partial charge in [-0.15, -0.1) is 0 Å². The molecule has 2 unspecified atom stereocenters. The molecule has 0 radical (unpaired) electrons. The molecule has 0 saturated heterocycles. The molecule has 0 saturated carbocycles. The van der Waals surface area contributed by atoms with E-state index in [0.717, 1.165) is 0 Å². The van der Waals surface area contributed by atoms with E-state index in [1.165, 1.54) is 0 Å². The van der Waals surface area contributed by atoms with Crippen LogP contribution in [0.5, 0.6) is 0 Å². The van der Waals surface area contributed by atoms with E-state index in [2.05, 4.69) is 10.5 Å². The summed E-state index contributed by atoms with van der Waals surface area (Å²) in [6.45, 7) is 8.39. The number of aliphatic hydroxyl groups is 2. The molecular weight excluding hydrogens is 264 g/mol. The molecule has 0 aliphatic carbocycles. The Bertz CT molecular complexity index is 444. The standard InChI is InChI=1S/C13H22N2O5/c1-7-10(8(2)20-15-7)11(17)9(16)6-14-12(18)19-13(3,4)5/h9,11,16-17H,6H2,1-5H3,(H,14,18). The number of ether oxygens (including phenoxy) is 1. The Morgan fingerprint density at radius 1 is 1.40 bits per heavy atom. The summed E-state index contributed by atoms with van der Waals surface area (Å²) in [5.74, 6) is 0.436. The van der Waals surface area contributed by atoms with E-state index < -0.39 is 23.9 Å². The largest absolute Gasteiger partial charge is 0.444 e. The third-order valence-electron chi connectivity index (χ3n) is 2.60. The van der Waals surface area contributed by atoms with Gasteiger partial charge in [-0.3, -0.25) is 0 Å². The molecule has 1 amide bonds. The number of rotatable bonds is 4. The molecule has 7 nitrogen and oxygen atoms in total. The van der Waals surface area contributed by atoms with Gasteiger partial charge in [0.25, 0.3) is 0 Å². The number of hydrogen-bond acceptors (Lipinski definition) is 6. The maximum atomic E-state index is 11.4. The third-order valence-corrected chi connectivity index (χ3v) is 2.60. The van der Waals surface area contributed by atoms with Crippen molar-refractivity contribution >= 4 is 6.09 Å². The minimum atomic E-state index is -1.18. The average molecular weight is 286 g/mol. The zero-order valence-corrected chi connectivity index (χ0v) is 12.4. The van der Waals surface area contributed by atoms with E-state index in [0.29, 0.717) is 17.0 Å². The second kappa shape index (κ2) is 6.23. The molecule has 0 aliphatic heterocycles.